The van der Waals surface area contributed by atoms with E-state index in [1.165, 1.54) is 0 Å². The molecule has 0 atom stereocenters. The van der Waals surface area contributed by atoms with Gasteiger partial charge in [-0.25, -0.2) is 4.79 Å². The van der Waals surface area contributed by atoms with Crippen molar-refractivity contribution >= 4 is 5.97 Å². The highest BCUT2D eigenvalue weighted by molar-refractivity contribution is 5.67. The Balaban J connectivity index is 3.78. The zero-order valence-corrected chi connectivity index (χ0v) is 8.37. The van der Waals surface area contributed by atoms with Crippen molar-refractivity contribution in [2.75, 3.05) is 47.8 Å². The molecule has 0 unspecified atom stereocenters. The molecule has 0 aliphatic heterocycles. The fourth-order valence-electron chi connectivity index (χ4n) is 0.916. The van der Waals surface area contributed by atoms with Crippen molar-refractivity contribution in [3.8, 4) is 0 Å². The quantitative estimate of drug-likeness (QED) is 0.584. The minimum Gasteiger partial charge on any atom is -0.477 e. The van der Waals surface area contributed by atoms with E-state index < -0.39 is 5.97 Å². The summed E-state index contributed by atoms with van der Waals surface area (Å²) in [5.74, 6) is -0.737. The van der Waals surface area contributed by atoms with Crippen LogP contribution in [0.15, 0.2) is 0 Å². The summed E-state index contributed by atoms with van der Waals surface area (Å²) >= 11 is 0. The van der Waals surface area contributed by atoms with Crippen LogP contribution in [0.5, 0.6) is 0 Å². The highest BCUT2D eigenvalue weighted by Gasteiger charge is 2.18. The van der Waals surface area contributed by atoms with E-state index >= 15 is 0 Å². The van der Waals surface area contributed by atoms with Gasteiger partial charge in [-0.05, 0) is 14.1 Å². The molecule has 0 spiro atoms. The summed E-state index contributed by atoms with van der Waals surface area (Å²) in [4.78, 5) is 12.5. The Hall–Kier alpha value is -0.610. The molecular formula is C8H19N2O2+. The first-order valence-electron chi connectivity index (χ1n) is 4.02. The fraction of sp³-hybridized carbons (Fsp3) is 0.875. The SMILES string of the molecule is CN(C)CC[N+](C)(C)CC(=O)O. The van der Waals surface area contributed by atoms with Gasteiger partial charge >= 0.3 is 5.97 Å². The van der Waals surface area contributed by atoms with Gasteiger partial charge in [-0.15, -0.1) is 0 Å². The van der Waals surface area contributed by atoms with Gasteiger partial charge in [-0.1, -0.05) is 0 Å². The first-order chi connectivity index (χ1) is 5.33. The Labute approximate surface area is 74.0 Å². The number of hydrogen-bond acceptors (Lipinski definition) is 2. The summed E-state index contributed by atoms with van der Waals surface area (Å²) in [7, 11) is 7.83. The van der Waals surface area contributed by atoms with Crippen molar-refractivity contribution in [3.05, 3.63) is 0 Å². The van der Waals surface area contributed by atoms with E-state index in [0.29, 0.717) is 4.48 Å². The van der Waals surface area contributed by atoms with Crippen molar-refractivity contribution in [3.63, 3.8) is 0 Å². The van der Waals surface area contributed by atoms with Crippen molar-refractivity contribution < 1.29 is 14.4 Å². The van der Waals surface area contributed by atoms with Gasteiger partial charge in [0.25, 0.3) is 0 Å². The fourth-order valence-corrected chi connectivity index (χ4v) is 0.916. The smallest absolute Gasteiger partial charge is 0.359 e. The van der Waals surface area contributed by atoms with Gasteiger partial charge < -0.3 is 14.5 Å². The Bertz CT molecular complexity index is 155. The van der Waals surface area contributed by atoms with Crippen LogP contribution in [0.2, 0.25) is 0 Å². The Morgan fingerprint density at radius 3 is 2.25 bits per heavy atom. The Morgan fingerprint density at radius 1 is 1.42 bits per heavy atom. The number of hydrogen-bond donors (Lipinski definition) is 1. The number of aliphatic carboxylic acids is 1. The van der Waals surface area contributed by atoms with Crippen LogP contribution in [-0.4, -0.2) is 68.3 Å². The third-order valence-electron chi connectivity index (χ3n) is 1.72. The number of nitrogens with zero attached hydrogens (tertiary/aromatic N) is 2. The molecule has 0 rings (SSSR count). The topological polar surface area (TPSA) is 40.5 Å². The van der Waals surface area contributed by atoms with Crippen LogP contribution in [0, 0.1) is 0 Å². The second-order valence-electron chi connectivity index (χ2n) is 4.01. The lowest BCUT2D eigenvalue weighted by atomic mass is 10.4. The maximum absolute atomic E-state index is 10.4. The second kappa shape index (κ2) is 4.42. The number of carboxylic acid groups (broad SMARTS) is 1. The van der Waals surface area contributed by atoms with Crippen LogP contribution >= 0.6 is 0 Å². The van der Waals surface area contributed by atoms with Crippen molar-refractivity contribution in [2.24, 2.45) is 0 Å². The normalized spacial score (nSPS) is 12.1. The van der Waals surface area contributed by atoms with E-state index in [9.17, 15) is 4.79 Å². The number of rotatable bonds is 5. The molecule has 4 nitrogen and oxygen atoms in total. The number of likely N-dealkylation sites (N-methyl/N-ethyl adjacent to an activating group) is 2. The number of carboxylic acids is 1. The van der Waals surface area contributed by atoms with Crippen molar-refractivity contribution in [2.45, 2.75) is 0 Å². The molecule has 4 heteroatoms. The molecule has 0 aliphatic carbocycles. The molecule has 1 N–H and O–H groups in total. The van der Waals surface area contributed by atoms with Crippen LogP contribution in [-0.2, 0) is 4.79 Å². The number of carbonyl (C=O) groups is 1. The minimum absolute atomic E-state index is 0.188. The van der Waals surface area contributed by atoms with Crippen LogP contribution in [0.4, 0.5) is 0 Å². The summed E-state index contributed by atoms with van der Waals surface area (Å²) in [5.41, 5.74) is 0. The van der Waals surface area contributed by atoms with Crippen LogP contribution in [0.25, 0.3) is 0 Å². The predicted molar refractivity (Wildman–Crippen MR) is 48.0 cm³/mol. The van der Waals surface area contributed by atoms with E-state index in [2.05, 4.69) is 4.90 Å². The third-order valence-corrected chi connectivity index (χ3v) is 1.72. The molecule has 12 heavy (non-hydrogen) atoms. The zero-order chi connectivity index (χ0) is 9.78. The standard InChI is InChI=1S/C8H18N2O2/c1-9(2)5-6-10(3,4)7-8(11)12/h5-7H2,1-4H3/p+1. The van der Waals surface area contributed by atoms with Crippen LogP contribution in [0.1, 0.15) is 0 Å². The summed E-state index contributed by atoms with van der Waals surface area (Å²) < 4.78 is 0.535. The van der Waals surface area contributed by atoms with E-state index in [1.807, 2.05) is 28.2 Å². The first kappa shape index (κ1) is 11.4. The van der Waals surface area contributed by atoms with Crippen LogP contribution < -0.4 is 0 Å². The first-order valence-corrected chi connectivity index (χ1v) is 4.02. The molecule has 0 saturated carbocycles. The van der Waals surface area contributed by atoms with E-state index in [4.69, 9.17) is 5.11 Å². The molecule has 72 valence electrons. The van der Waals surface area contributed by atoms with Gasteiger partial charge in [0, 0.05) is 6.54 Å². The average Bonchev–Trinajstić information content (AvgIpc) is 1.81. The molecule has 0 radical (unpaired) electrons. The van der Waals surface area contributed by atoms with Crippen molar-refractivity contribution in [1.29, 1.82) is 0 Å². The molecule has 0 aliphatic rings. The van der Waals surface area contributed by atoms with E-state index in [1.54, 1.807) is 0 Å². The Morgan fingerprint density at radius 2 is 1.92 bits per heavy atom. The van der Waals surface area contributed by atoms with Gasteiger partial charge in [0.15, 0.2) is 6.54 Å². The molecule has 0 aromatic heterocycles. The number of quaternary nitrogens is 1. The lowest BCUT2D eigenvalue weighted by Gasteiger charge is -2.28. The summed E-state index contributed by atoms with van der Waals surface area (Å²) in [6.07, 6.45) is 0. The molecule has 0 saturated heterocycles. The monoisotopic (exact) mass is 175 g/mol. The molecule has 0 aromatic carbocycles. The van der Waals surface area contributed by atoms with Gasteiger partial charge in [0.2, 0.25) is 0 Å². The molecule has 0 aromatic rings. The van der Waals surface area contributed by atoms with Gasteiger partial charge in [-0.3, -0.25) is 0 Å². The summed E-state index contributed by atoms with van der Waals surface area (Å²) in [6, 6.07) is 0. The molecule has 0 heterocycles. The minimum atomic E-state index is -0.737. The predicted octanol–water partition coefficient (Wildman–Crippen LogP) is -0.291. The molecule has 0 amide bonds. The Kier molecular flexibility index (Phi) is 4.20. The van der Waals surface area contributed by atoms with Gasteiger partial charge in [-0.2, -0.15) is 0 Å². The summed E-state index contributed by atoms with van der Waals surface area (Å²) in [6.45, 7) is 1.97. The molecular weight excluding hydrogens is 156 g/mol. The average molecular weight is 175 g/mol. The van der Waals surface area contributed by atoms with Gasteiger partial charge in [0.05, 0.1) is 20.6 Å². The van der Waals surface area contributed by atoms with Crippen molar-refractivity contribution in [1.82, 2.24) is 4.90 Å². The maximum Gasteiger partial charge on any atom is 0.359 e. The maximum atomic E-state index is 10.4. The highest BCUT2D eigenvalue weighted by atomic mass is 16.4. The lowest BCUT2D eigenvalue weighted by Crippen LogP contribution is -2.47. The van der Waals surface area contributed by atoms with E-state index in [-0.39, 0.29) is 6.54 Å². The van der Waals surface area contributed by atoms with Gasteiger partial charge in [0.1, 0.15) is 0 Å². The zero-order valence-electron chi connectivity index (χ0n) is 8.37. The lowest BCUT2D eigenvalue weighted by molar-refractivity contribution is -0.882. The highest BCUT2D eigenvalue weighted by Crippen LogP contribution is 1.95. The molecule has 0 fully saturated rings. The van der Waals surface area contributed by atoms with Crippen LogP contribution in [0.3, 0.4) is 0 Å². The van der Waals surface area contributed by atoms with E-state index in [0.717, 1.165) is 13.1 Å². The molecule has 0 bridgehead atoms. The third kappa shape index (κ3) is 6.12. The largest absolute Gasteiger partial charge is 0.477 e. The summed E-state index contributed by atoms with van der Waals surface area (Å²) in [5, 5.41) is 8.59. The second-order valence-corrected chi connectivity index (χ2v) is 4.01.